The van der Waals surface area contributed by atoms with Crippen LogP contribution in [0.1, 0.15) is 36.6 Å². The van der Waals surface area contributed by atoms with Crippen molar-refractivity contribution in [1.82, 2.24) is 0 Å². The van der Waals surface area contributed by atoms with E-state index in [1.54, 1.807) is 79.9 Å². The number of rotatable bonds is 8. The van der Waals surface area contributed by atoms with Crippen molar-refractivity contribution in [2.24, 2.45) is 0 Å². The quantitative estimate of drug-likeness (QED) is 0.199. The summed E-state index contributed by atoms with van der Waals surface area (Å²) in [5.74, 6) is -1.14. The first kappa shape index (κ1) is 26.5. The Morgan fingerprint density at radius 2 is 1.63 bits per heavy atom. The number of amides is 1. The average molecular weight is 516 g/mol. The van der Waals surface area contributed by atoms with Gasteiger partial charge in [0, 0.05) is 11.3 Å². The van der Waals surface area contributed by atoms with Crippen LogP contribution in [0.25, 0.3) is 5.76 Å². The minimum atomic E-state index is -0.901. The minimum absolute atomic E-state index is 0.0412. The van der Waals surface area contributed by atoms with Crippen molar-refractivity contribution in [3.63, 3.8) is 0 Å². The monoisotopic (exact) mass is 515 g/mol. The Morgan fingerprint density at radius 3 is 2.24 bits per heavy atom. The van der Waals surface area contributed by atoms with Crippen LogP contribution in [0.5, 0.6) is 11.5 Å². The Morgan fingerprint density at radius 1 is 0.947 bits per heavy atom. The van der Waals surface area contributed by atoms with Gasteiger partial charge in [-0.1, -0.05) is 36.4 Å². The van der Waals surface area contributed by atoms with Gasteiger partial charge in [0.05, 0.1) is 38.4 Å². The lowest BCUT2D eigenvalue weighted by Crippen LogP contribution is -2.29. The number of Topliss-reactive ketones (excluding diaryl/α,β-unsaturated/α-hetero) is 1. The third kappa shape index (κ3) is 5.39. The van der Waals surface area contributed by atoms with Gasteiger partial charge in [-0.05, 0) is 61.4 Å². The molecule has 3 aromatic rings. The van der Waals surface area contributed by atoms with E-state index in [1.807, 2.05) is 13.8 Å². The lowest BCUT2D eigenvalue weighted by molar-refractivity contribution is -0.139. The highest BCUT2D eigenvalue weighted by Gasteiger charge is 2.47. The predicted octanol–water partition coefficient (Wildman–Crippen LogP) is 4.82. The van der Waals surface area contributed by atoms with Crippen molar-refractivity contribution in [2.75, 3.05) is 19.1 Å². The molecule has 1 heterocycles. The number of anilines is 1. The Balaban J connectivity index is 1.83. The molecule has 1 N–H and O–H groups in total. The van der Waals surface area contributed by atoms with Gasteiger partial charge in [-0.3, -0.25) is 19.3 Å². The van der Waals surface area contributed by atoms with Crippen LogP contribution in [0.4, 0.5) is 5.69 Å². The van der Waals surface area contributed by atoms with Crippen LogP contribution >= 0.6 is 0 Å². The second-order valence-corrected chi connectivity index (χ2v) is 9.06. The molecule has 0 bridgehead atoms. The van der Waals surface area contributed by atoms with Gasteiger partial charge in [-0.2, -0.15) is 0 Å². The number of hydrogen-bond acceptors (Lipinski definition) is 7. The molecular weight excluding hydrogens is 486 g/mol. The first-order valence-corrected chi connectivity index (χ1v) is 12.1. The van der Waals surface area contributed by atoms with Crippen molar-refractivity contribution < 1.29 is 33.7 Å². The summed E-state index contributed by atoms with van der Waals surface area (Å²) in [6, 6.07) is 19.5. The van der Waals surface area contributed by atoms with Gasteiger partial charge in [-0.25, -0.2) is 0 Å². The second kappa shape index (κ2) is 11.2. The molecular formula is C30H29NO7. The van der Waals surface area contributed by atoms with Crippen LogP contribution in [-0.4, -0.2) is 43.1 Å². The largest absolute Gasteiger partial charge is 0.507 e. The second-order valence-electron chi connectivity index (χ2n) is 9.06. The normalized spacial score (nSPS) is 16.6. The molecule has 3 aromatic carbocycles. The molecule has 196 valence electrons. The smallest absolute Gasteiger partial charge is 0.309 e. The molecule has 1 aliphatic rings. The molecule has 8 heteroatoms. The Bertz CT molecular complexity index is 1370. The van der Waals surface area contributed by atoms with Gasteiger partial charge >= 0.3 is 5.97 Å². The molecule has 8 nitrogen and oxygen atoms in total. The first-order chi connectivity index (χ1) is 18.2. The predicted molar refractivity (Wildman–Crippen MR) is 142 cm³/mol. The van der Waals surface area contributed by atoms with Gasteiger partial charge in [0.1, 0.15) is 17.3 Å². The van der Waals surface area contributed by atoms with Crippen LogP contribution in [-0.2, 0) is 25.5 Å². The molecule has 1 saturated heterocycles. The van der Waals surface area contributed by atoms with E-state index in [0.717, 1.165) is 0 Å². The van der Waals surface area contributed by atoms with E-state index in [0.29, 0.717) is 33.9 Å². The summed E-state index contributed by atoms with van der Waals surface area (Å²) in [5.41, 5.74) is 2.06. The topological polar surface area (TPSA) is 102 Å². The number of carbonyl (C=O) groups excluding carboxylic acids is 3. The summed E-state index contributed by atoms with van der Waals surface area (Å²) in [6.07, 6.45) is -0.00817. The highest BCUT2D eigenvalue weighted by atomic mass is 16.5. The summed E-state index contributed by atoms with van der Waals surface area (Å²) in [4.78, 5) is 39.8. The third-order valence-electron chi connectivity index (χ3n) is 6.15. The maximum absolute atomic E-state index is 13.4. The van der Waals surface area contributed by atoms with E-state index in [4.69, 9.17) is 14.2 Å². The number of carbonyl (C=O) groups is 3. The van der Waals surface area contributed by atoms with E-state index >= 15 is 0 Å². The lowest BCUT2D eigenvalue weighted by atomic mass is 9.95. The summed E-state index contributed by atoms with van der Waals surface area (Å²) in [5, 5.41) is 11.4. The van der Waals surface area contributed by atoms with E-state index < -0.39 is 17.7 Å². The zero-order chi connectivity index (χ0) is 27.4. The number of ether oxygens (including phenoxy) is 3. The van der Waals surface area contributed by atoms with E-state index in [2.05, 4.69) is 0 Å². The van der Waals surface area contributed by atoms with Gasteiger partial charge < -0.3 is 19.3 Å². The number of methoxy groups -OCH3 is 2. The molecule has 0 aliphatic carbocycles. The standard InChI is InChI=1S/C30H29NO7/c1-18(2)38-24-7-5-6-21(17-24)28(33)26-27(20-10-14-23(36-3)15-11-20)31(30(35)29(26)34)22-12-8-19(9-13-22)16-25(32)37-4/h5-15,17-18,27,33H,16H2,1-4H3/b28-26-. The molecule has 1 atom stereocenters. The van der Waals surface area contributed by atoms with E-state index in [-0.39, 0.29) is 29.8 Å². The third-order valence-corrected chi connectivity index (χ3v) is 6.15. The highest BCUT2D eigenvalue weighted by Crippen LogP contribution is 2.42. The summed E-state index contributed by atoms with van der Waals surface area (Å²) in [6.45, 7) is 3.77. The molecule has 0 radical (unpaired) electrons. The van der Waals surface area contributed by atoms with Gasteiger partial charge in [0.25, 0.3) is 11.7 Å². The average Bonchev–Trinajstić information content (AvgIpc) is 3.18. The lowest BCUT2D eigenvalue weighted by Gasteiger charge is -2.26. The molecule has 38 heavy (non-hydrogen) atoms. The zero-order valence-corrected chi connectivity index (χ0v) is 21.6. The number of nitrogens with zero attached hydrogens (tertiary/aromatic N) is 1. The molecule has 1 fully saturated rings. The molecule has 1 amide bonds. The summed E-state index contributed by atoms with van der Waals surface area (Å²) in [7, 11) is 2.86. The van der Waals surface area contributed by atoms with Gasteiger partial charge in [0.15, 0.2) is 0 Å². The van der Waals surface area contributed by atoms with Crippen molar-refractivity contribution in [1.29, 1.82) is 0 Å². The maximum atomic E-state index is 13.4. The fourth-order valence-corrected chi connectivity index (χ4v) is 4.36. The van der Waals surface area contributed by atoms with Crippen molar-refractivity contribution >= 4 is 29.1 Å². The molecule has 4 rings (SSSR count). The van der Waals surface area contributed by atoms with E-state index in [9.17, 15) is 19.5 Å². The zero-order valence-electron chi connectivity index (χ0n) is 21.6. The van der Waals surface area contributed by atoms with Crippen LogP contribution in [0.15, 0.2) is 78.4 Å². The highest BCUT2D eigenvalue weighted by molar-refractivity contribution is 6.51. The van der Waals surface area contributed by atoms with Crippen molar-refractivity contribution in [3.8, 4) is 11.5 Å². The summed E-state index contributed by atoms with van der Waals surface area (Å²) >= 11 is 0. The molecule has 0 saturated carbocycles. The SMILES string of the molecule is COC(=O)Cc1ccc(N2C(=O)C(=O)/C(=C(\O)c3cccc(OC(C)C)c3)C2c2ccc(OC)cc2)cc1. The minimum Gasteiger partial charge on any atom is -0.507 e. The molecule has 1 aliphatic heterocycles. The van der Waals surface area contributed by atoms with Crippen molar-refractivity contribution in [2.45, 2.75) is 32.4 Å². The van der Waals surface area contributed by atoms with Crippen LogP contribution < -0.4 is 14.4 Å². The fraction of sp³-hybridized carbons (Fsp3) is 0.233. The van der Waals surface area contributed by atoms with Gasteiger partial charge in [0.2, 0.25) is 0 Å². The molecule has 1 unspecified atom stereocenters. The molecule has 0 aromatic heterocycles. The van der Waals surface area contributed by atoms with Crippen molar-refractivity contribution in [3.05, 3.63) is 95.1 Å². The number of aliphatic hydroxyl groups excluding tert-OH is 1. The van der Waals surface area contributed by atoms with Gasteiger partial charge in [-0.15, -0.1) is 0 Å². The maximum Gasteiger partial charge on any atom is 0.309 e. The number of hydrogen-bond donors (Lipinski definition) is 1. The number of ketones is 1. The number of aliphatic hydroxyl groups is 1. The first-order valence-electron chi connectivity index (χ1n) is 12.1. The Kier molecular flexibility index (Phi) is 7.81. The Labute approximate surface area is 221 Å². The fourth-order valence-electron chi connectivity index (χ4n) is 4.36. The van der Waals surface area contributed by atoms with Crippen LogP contribution in [0.2, 0.25) is 0 Å². The Hall–Kier alpha value is -4.59. The van der Waals surface area contributed by atoms with E-state index in [1.165, 1.54) is 12.0 Å². The number of esters is 1. The number of benzene rings is 3. The van der Waals surface area contributed by atoms with Crippen LogP contribution in [0, 0.1) is 0 Å². The molecule has 0 spiro atoms. The van der Waals surface area contributed by atoms with Crippen LogP contribution in [0.3, 0.4) is 0 Å². The summed E-state index contributed by atoms with van der Waals surface area (Å²) < 4.78 is 15.7.